The number of pyridine rings is 1. The molecule has 0 aliphatic heterocycles. The number of benzene rings is 2. The molecule has 1 saturated carbocycles. The fourth-order valence-electron chi connectivity index (χ4n) is 5.11. The molecule has 0 saturated heterocycles. The quantitative estimate of drug-likeness (QED) is 0.515. The summed E-state index contributed by atoms with van der Waals surface area (Å²) >= 11 is 0. The molecule has 0 atom stereocenters. The van der Waals surface area contributed by atoms with Gasteiger partial charge in [-0.3, -0.25) is 0 Å². The van der Waals surface area contributed by atoms with Gasteiger partial charge in [-0.2, -0.15) is 0 Å². The van der Waals surface area contributed by atoms with Gasteiger partial charge in [0.15, 0.2) is 0 Å². The maximum Gasteiger partial charge on any atom is 0.0747 e. The molecule has 3 aliphatic carbocycles. The second-order valence-electron chi connectivity index (χ2n) is 7.73. The largest absolute Gasteiger partial charge is 0.247 e. The Morgan fingerprint density at radius 2 is 1.42 bits per heavy atom. The van der Waals surface area contributed by atoms with E-state index in [1.807, 2.05) is 0 Å². The van der Waals surface area contributed by atoms with Crippen LogP contribution >= 0.6 is 0 Å². The Balaban J connectivity index is 1.88. The third-order valence-corrected chi connectivity index (χ3v) is 6.01. The van der Waals surface area contributed by atoms with Gasteiger partial charge in [0.1, 0.15) is 0 Å². The Bertz CT molecular complexity index is 925. The molecule has 24 heavy (non-hydrogen) atoms. The third-order valence-electron chi connectivity index (χ3n) is 6.01. The molecule has 0 unspecified atom stereocenters. The van der Waals surface area contributed by atoms with E-state index in [-0.39, 0.29) is 0 Å². The smallest absolute Gasteiger partial charge is 0.0747 e. The number of aromatic nitrogens is 1. The molecule has 120 valence electrons. The molecule has 1 aromatic heterocycles. The molecule has 2 aromatic carbocycles. The minimum atomic E-state index is 0.706. The van der Waals surface area contributed by atoms with E-state index in [2.05, 4.69) is 56.3 Å². The topological polar surface area (TPSA) is 12.9 Å². The third kappa shape index (κ3) is 2.04. The van der Waals surface area contributed by atoms with Crippen molar-refractivity contribution in [1.82, 2.24) is 4.98 Å². The summed E-state index contributed by atoms with van der Waals surface area (Å²) in [7, 11) is 0. The van der Waals surface area contributed by atoms with Crippen molar-refractivity contribution in [2.45, 2.75) is 51.4 Å². The van der Waals surface area contributed by atoms with E-state index in [0.717, 1.165) is 11.4 Å². The van der Waals surface area contributed by atoms with Crippen molar-refractivity contribution in [3.63, 3.8) is 0 Å². The Labute approximate surface area is 143 Å². The molecule has 3 aliphatic rings. The molecule has 0 amide bonds. The van der Waals surface area contributed by atoms with Crippen molar-refractivity contribution in [3.05, 3.63) is 64.7 Å². The number of fused-ring (bicyclic) bond motifs is 3. The Kier molecular flexibility index (Phi) is 3.06. The summed E-state index contributed by atoms with van der Waals surface area (Å²) in [5, 5.41) is 1.40. The Morgan fingerprint density at radius 3 is 2.12 bits per heavy atom. The molecule has 0 N–H and O–H groups in total. The van der Waals surface area contributed by atoms with Gasteiger partial charge in [0.05, 0.1) is 11.2 Å². The second-order valence-corrected chi connectivity index (χ2v) is 7.73. The maximum absolute atomic E-state index is 5.16. The predicted molar refractivity (Wildman–Crippen MR) is 101 cm³/mol. The zero-order chi connectivity index (χ0) is 16.3. The predicted octanol–water partition coefficient (Wildman–Crippen LogP) is 6.27. The van der Waals surface area contributed by atoms with E-state index < -0.39 is 0 Å². The number of rotatable bonds is 1. The number of nitrogens with zero attached hydrogens (tertiary/aromatic N) is 1. The van der Waals surface area contributed by atoms with Crippen molar-refractivity contribution < 1.29 is 0 Å². The van der Waals surface area contributed by atoms with Gasteiger partial charge in [-0.05, 0) is 80.7 Å². The highest BCUT2D eigenvalue weighted by atomic mass is 14.7. The van der Waals surface area contributed by atoms with Crippen LogP contribution in [0.4, 0.5) is 0 Å². The zero-order valence-electron chi connectivity index (χ0n) is 14.5. The zero-order valence-corrected chi connectivity index (χ0v) is 14.5. The first kappa shape index (κ1) is 14.2. The Hall–Kier alpha value is -2.15. The van der Waals surface area contributed by atoms with Crippen molar-refractivity contribution >= 4 is 10.9 Å². The van der Waals surface area contributed by atoms with Crippen LogP contribution in [0.5, 0.6) is 0 Å². The van der Waals surface area contributed by atoms with Gasteiger partial charge in [-0.25, -0.2) is 4.98 Å². The Morgan fingerprint density at radius 1 is 0.792 bits per heavy atom. The van der Waals surface area contributed by atoms with Crippen LogP contribution < -0.4 is 0 Å². The average molecular weight is 313 g/mol. The maximum atomic E-state index is 5.16. The van der Waals surface area contributed by atoms with Crippen LogP contribution in [0.15, 0.2) is 42.5 Å². The lowest BCUT2D eigenvalue weighted by atomic mass is 9.65. The number of para-hydroxylation sites is 1. The lowest BCUT2D eigenvalue weighted by Crippen LogP contribution is -2.23. The summed E-state index contributed by atoms with van der Waals surface area (Å²) in [6, 6.07) is 15.6. The van der Waals surface area contributed by atoms with Crippen LogP contribution in [-0.4, -0.2) is 4.98 Å². The van der Waals surface area contributed by atoms with Gasteiger partial charge in [0, 0.05) is 10.9 Å². The van der Waals surface area contributed by atoms with E-state index in [0.29, 0.717) is 5.92 Å². The van der Waals surface area contributed by atoms with Crippen molar-refractivity contribution in [2.75, 3.05) is 0 Å². The summed E-state index contributed by atoms with van der Waals surface area (Å²) < 4.78 is 0. The average Bonchev–Trinajstić information content (AvgIpc) is 2.61. The first-order chi connectivity index (χ1) is 11.7. The summed E-state index contributed by atoms with van der Waals surface area (Å²) in [6.45, 7) is 4.38. The summed E-state index contributed by atoms with van der Waals surface area (Å²) in [5.41, 5.74) is 9.58. The van der Waals surface area contributed by atoms with Gasteiger partial charge in [0.25, 0.3) is 0 Å². The number of hydrogen-bond donors (Lipinski definition) is 0. The fraction of sp³-hybridized carbons (Fsp3) is 0.348. The van der Waals surface area contributed by atoms with Crippen molar-refractivity contribution in [2.24, 2.45) is 0 Å². The normalized spacial score (nSPS) is 21.9. The van der Waals surface area contributed by atoms with Gasteiger partial charge in [0.2, 0.25) is 0 Å². The van der Waals surface area contributed by atoms with Crippen LogP contribution in [0.1, 0.15) is 59.8 Å². The first-order valence-corrected chi connectivity index (χ1v) is 9.22. The minimum absolute atomic E-state index is 0.706. The monoisotopic (exact) mass is 313 g/mol. The van der Waals surface area contributed by atoms with Crippen molar-refractivity contribution in [1.29, 1.82) is 0 Å². The SMILES string of the molecule is Cc1cc(C)cc(-c2nc3ccccc3c3c2C2CCC3CC2)c1. The first-order valence-electron chi connectivity index (χ1n) is 9.22. The standard InChI is InChI=1S/C23H23N/c1-14-11-15(2)13-18(12-14)23-22-17-9-7-16(8-10-17)21(22)19-5-3-4-6-20(19)24-23/h3-6,11-13,16-17H,7-10H2,1-2H3. The summed E-state index contributed by atoms with van der Waals surface area (Å²) in [5.74, 6) is 1.44. The van der Waals surface area contributed by atoms with E-state index >= 15 is 0 Å². The van der Waals surface area contributed by atoms with E-state index in [4.69, 9.17) is 4.98 Å². The van der Waals surface area contributed by atoms with E-state index in [1.165, 1.54) is 53.5 Å². The molecule has 0 radical (unpaired) electrons. The molecule has 1 heterocycles. The highest BCUT2D eigenvalue weighted by molar-refractivity contribution is 5.89. The van der Waals surface area contributed by atoms with Gasteiger partial charge in [-0.15, -0.1) is 0 Å². The number of aryl methyl sites for hydroxylation is 2. The fourth-order valence-corrected chi connectivity index (χ4v) is 5.11. The molecule has 2 bridgehead atoms. The van der Waals surface area contributed by atoms with Crippen LogP contribution in [0.3, 0.4) is 0 Å². The molecule has 1 heteroatoms. The van der Waals surface area contributed by atoms with E-state index in [1.54, 1.807) is 11.1 Å². The molecular formula is C23H23N. The van der Waals surface area contributed by atoms with Crippen LogP contribution in [0.25, 0.3) is 22.2 Å². The van der Waals surface area contributed by atoms with Crippen LogP contribution in [0.2, 0.25) is 0 Å². The van der Waals surface area contributed by atoms with E-state index in [9.17, 15) is 0 Å². The number of hydrogen-bond acceptors (Lipinski definition) is 1. The highest BCUT2D eigenvalue weighted by Crippen LogP contribution is 2.53. The molecule has 1 fully saturated rings. The molecular weight excluding hydrogens is 290 g/mol. The lowest BCUT2D eigenvalue weighted by molar-refractivity contribution is 0.361. The van der Waals surface area contributed by atoms with Gasteiger partial charge >= 0.3 is 0 Å². The highest BCUT2D eigenvalue weighted by Gasteiger charge is 2.36. The molecule has 1 nitrogen and oxygen atoms in total. The summed E-state index contributed by atoms with van der Waals surface area (Å²) in [4.78, 5) is 5.16. The molecule has 6 rings (SSSR count). The van der Waals surface area contributed by atoms with Crippen molar-refractivity contribution in [3.8, 4) is 11.3 Å². The van der Waals surface area contributed by atoms with Crippen LogP contribution in [-0.2, 0) is 0 Å². The second kappa shape index (κ2) is 5.17. The molecule has 0 spiro atoms. The van der Waals surface area contributed by atoms with Gasteiger partial charge in [-0.1, -0.05) is 35.4 Å². The van der Waals surface area contributed by atoms with Gasteiger partial charge < -0.3 is 0 Å². The minimum Gasteiger partial charge on any atom is -0.247 e. The summed E-state index contributed by atoms with van der Waals surface area (Å²) in [6.07, 6.45) is 5.40. The molecule has 3 aromatic rings. The lowest BCUT2D eigenvalue weighted by Gasteiger charge is -2.40. The van der Waals surface area contributed by atoms with Crippen LogP contribution in [0, 0.1) is 13.8 Å².